The van der Waals surface area contributed by atoms with Gasteiger partial charge in [-0.2, -0.15) is 18.3 Å². The van der Waals surface area contributed by atoms with Crippen LogP contribution in [0.2, 0.25) is 0 Å². The number of hydrogen-bond acceptors (Lipinski definition) is 5. The Morgan fingerprint density at radius 3 is 2.56 bits per heavy atom. The van der Waals surface area contributed by atoms with Gasteiger partial charge in [0.25, 0.3) is 5.91 Å². The highest BCUT2D eigenvalue weighted by atomic mass is 32.1. The lowest BCUT2D eigenvalue weighted by atomic mass is 10.1. The zero-order valence-electron chi connectivity index (χ0n) is 18.4. The fourth-order valence-corrected chi connectivity index (χ4v) is 4.91. The summed E-state index contributed by atoms with van der Waals surface area (Å²) in [6, 6.07) is 11.0. The fourth-order valence-electron chi connectivity index (χ4n) is 4.22. The van der Waals surface area contributed by atoms with Gasteiger partial charge in [0, 0.05) is 38.4 Å². The lowest BCUT2D eigenvalue weighted by molar-refractivity contribution is -0.137. The molecule has 0 spiro atoms. The van der Waals surface area contributed by atoms with Crippen LogP contribution in [0, 0.1) is 0 Å². The second kappa shape index (κ2) is 8.75. The maximum atomic E-state index is 13.6. The van der Waals surface area contributed by atoms with Crippen molar-refractivity contribution in [3.63, 3.8) is 0 Å². The predicted molar refractivity (Wildman–Crippen MR) is 126 cm³/mol. The van der Waals surface area contributed by atoms with Gasteiger partial charge >= 0.3 is 6.18 Å². The van der Waals surface area contributed by atoms with E-state index >= 15 is 0 Å². The van der Waals surface area contributed by atoms with Crippen LogP contribution in [0.4, 0.5) is 18.9 Å². The minimum absolute atomic E-state index is 0.121. The summed E-state index contributed by atoms with van der Waals surface area (Å²) in [6.45, 7) is 4.33. The van der Waals surface area contributed by atoms with E-state index in [1.54, 1.807) is 33.2 Å². The molecule has 34 heavy (non-hydrogen) atoms. The molecule has 10 heteroatoms. The largest absolute Gasteiger partial charge is 0.416 e. The van der Waals surface area contributed by atoms with Crippen molar-refractivity contribution in [2.24, 2.45) is 0 Å². The van der Waals surface area contributed by atoms with E-state index in [4.69, 9.17) is 4.98 Å². The van der Waals surface area contributed by atoms with Crippen molar-refractivity contribution >= 4 is 34.0 Å². The summed E-state index contributed by atoms with van der Waals surface area (Å²) >= 11 is 1.55. The van der Waals surface area contributed by atoms with Crippen LogP contribution in [0.15, 0.2) is 54.0 Å². The quantitative estimate of drug-likeness (QED) is 0.401. The Hall–Kier alpha value is -3.40. The van der Waals surface area contributed by atoms with E-state index in [0.717, 1.165) is 22.7 Å². The third kappa shape index (κ3) is 4.13. The van der Waals surface area contributed by atoms with E-state index in [9.17, 15) is 18.0 Å². The molecule has 176 valence electrons. The molecule has 0 saturated carbocycles. The lowest BCUT2D eigenvalue weighted by Gasteiger charge is -2.36. The first-order valence-corrected chi connectivity index (χ1v) is 11.8. The molecular weight excluding hydrogens is 463 g/mol. The number of aryl methyl sites for hydroxylation is 1. The zero-order valence-corrected chi connectivity index (χ0v) is 19.2. The average Bonchev–Trinajstić information content (AvgIpc) is 3.53. The standard InChI is InChI=1S/C24H22F3N5OS/c1-2-32-22-19(15-28-32)18(14-20(29-22)21-7-4-12-34-21)23(33)31-10-8-30(9-11-31)17-6-3-5-16(13-17)24(25,26)27/h3-7,12-15H,2,8-11H2,1H3. The number of aromatic nitrogens is 3. The Morgan fingerprint density at radius 2 is 1.88 bits per heavy atom. The van der Waals surface area contributed by atoms with Crippen LogP contribution in [0.25, 0.3) is 21.6 Å². The summed E-state index contributed by atoms with van der Waals surface area (Å²) in [5.74, 6) is -0.121. The summed E-state index contributed by atoms with van der Waals surface area (Å²) in [5.41, 5.74) is 1.78. The first kappa shape index (κ1) is 22.4. The molecule has 4 aromatic rings. The number of halogens is 3. The first-order valence-electron chi connectivity index (χ1n) is 11.0. The number of fused-ring (bicyclic) bond motifs is 1. The summed E-state index contributed by atoms with van der Waals surface area (Å²) < 4.78 is 41.1. The maximum absolute atomic E-state index is 13.6. The number of pyridine rings is 1. The number of piperazine rings is 1. The Bertz CT molecular complexity index is 1320. The number of benzene rings is 1. The monoisotopic (exact) mass is 485 g/mol. The molecule has 0 bridgehead atoms. The van der Waals surface area contributed by atoms with Gasteiger partial charge in [-0.3, -0.25) is 4.79 Å². The molecule has 1 fully saturated rings. The second-order valence-electron chi connectivity index (χ2n) is 8.06. The van der Waals surface area contributed by atoms with E-state index in [2.05, 4.69) is 5.10 Å². The molecule has 0 unspecified atom stereocenters. The molecule has 0 radical (unpaired) electrons. The van der Waals surface area contributed by atoms with E-state index in [1.807, 2.05) is 35.4 Å². The SMILES string of the molecule is CCn1ncc2c(C(=O)N3CCN(c4cccc(C(F)(F)F)c4)CC3)cc(-c3cccs3)nc21. The van der Waals surface area contributed by atoms with Gasteiger partial charge in [0.2, 0.25) is 0 Å². The number of amides is 1. The van der Waals surface area contributed by atoms with E-state index in [0.29, 0.717) is 55.0 Å². The summed E-state index contributed by atoms with van der Waals surface area (Å²) in [6.07, 6.45) is -2.71. The normalized spacial score (nSPS) is 14.7. The van der Waals surface area contributed by atoms with Crippen molar-refractivity contribution in [1.29, 1.82) is 0 Å². The Balaban J connectivity index is 1.40. The van der Waals surface area contributed by atoms with E-state index in [1.165, 1.54) is 6.07 Å². The summed E-state index contributed by atoms with van der Waals surface area (Å²) in [7, 11) is 0. The molecule has 1 amide bonds. The number of rotatable bonds is 4. The van der Waals surface area contributed by atoms with Crippen LogP contribution < -0.4 is 4.90 Å². The second-order valence-corrected chi connectivity index (χ2v) is 9.01. The summed E-state index contributed by atoms with van der Waals surface area (Å²) in [4.78, 5) is 22.9. The van der Waals surface area contributed by atoms with E-state index < -0.39 is 11.7 Å². The van der Waals surface area contributed by atoms with Crippen molar-refractivity contribution in [2.75, 3.05) is 31.1 Å². The number of anilines is 1. The highest BCUT2D eigenvalue weighted by molar-refractivity contribution is 7.13. The third-order valence-corrected chi connectivity index (χ3v) is 6.91. The molecule has 0 N–H and O–H groups in total. The molecule has 1 aliphatic heterocycles. The minimum Gasteiger partial charge on any atom is -0.368 e. The van der Waals surface area contributed by atoms with Gasteiger partial charge in [0.15, 0.2) is 5.65 Å². The van der Waals surface area contributed by atoms with Gasteiger partial charge in [-0.25, -0.2) is 9.67 Å². The molecule has 1 aromatic carbocycles. The molecule has 1 saturated heterocycles. The third-order valence-electron chi connectivity index (χ3n) is 6.02. The van der Waals surface area contributed by atoms with Crippen LogP contribution in [0.1, 0.15) is 22.8 Å². The fraction of sp³-hybridized carbons (Fsp3) is 0.292. The average molecular weight is 486 g/mol. The predicted octanol–water partition coefficient (Wildman–Crippen LogP) is 5.16. The number of carbonyl (C=O) groups is 1. The van der Waals surface area contributed by atoms with Crippen molar-refractivity contribution < 1.29 is 18.0 Å². The van der Waals surface area contributed by atoms with Crippen LogP contribution in [-0.4, -0.2) is 51.8 Å². The van der Waals surface area contributed by atoms with Crippen LogP contribution in [-0.2, 0) is 12.7 Å². The van der Waals surface area contributed by atoms with Gasteiger partial charge in [-0.05, 0) is 42.6 Å². The number of nitrogens with zero attached hydrogens (tertiary/aromatic N) is 5. The van der Waals surface area contributed by atoms with Crippen molar-refractivity contribution in [2.45, 2.75) is 19.6 Å². The number of carbonyl (C=O) groups excluding carboxylic acids is 1. The lowest BCUT2D eigenvalue weighted by Crippen LogP contribution is -2.48. The molecule has 5 rings (SSSR count). The molecule has 1 aliphatic rings. The Kier molecular flexibility index (Phi) is 5.76. The van der Waals surface area contributed by atoms with Crippen molar-refractivity contribution in [1.82, 2.24) is 19.7 Å². The first-order chi connectivity index (χ1) is 16.3. The maximum Gasteiger partial charge on any atom is 0.416 e. The minimum atomic E-state index is -4.39. The Labute approximate surface area is 198 Å². The molecule has 3 aromatic heterocycles. The van der Waals surface area contributed by atoms with Gasteiger partial charge in [-0.15, -0.1) is 11.3 Å². The smallest absolute Gasteiger partial charge is 0.368 e. The molecular formula is C24H22F3N5OS. The van der Waals surface area contributed by atoms with E-state index in [-0.39, 0.29) is 5.91 Å². The summed E-state index contributed by atoms with van der Waals surface area (Å²) in [5, 5.41) is 7.06. The molecule has 0 aliphatic carbocycles. The van der Waals surface area contributed by atoms with Gasteiger partial charge in [-0.1, -0.05) is 12.1 Å². The number of alkyl halides is 3. The molecule has 0 atom stereocenters. The number of hydrogen-bond donors (Lipinski definition) is 0. The van der Waals surface area contributed by atoms with Crippen LogP contribution >= 0.6 is 11.3 Å². The highest BCUT2D eigenvalue weighted by Gasteiger charge is 2.31. The topological polar surface area (TPSA) is 54.3 Å². The zero-order chi connectivity index (χ0) is 23.9. The van der Waals surface area contributed by atoms with Gasteiger partial charge < -0.3 is 9.80 Å². The van der Waals surface area contributed by atoms with Crippen molar-refractivity contribution in [3.8, 4) is 10.6 Å². The Morgan fingerprint density at radius 1 is 1.09 bits per heavy atom. The number of thiophene rings is 1. The van der Waals surface area contributed by atoms with Gasteiger partial charge in [0.05, 0.1) is 33.3 Å². The van der Waals surface area contributed by atoms with Crippen LogP contribution in [0.5, 0.6) is 0 Å². The van der Waals surface area contributed by atoms with Crippen LogP contribution in [0.3, 0.4) is 0 Å². The molecule has 6 nitrogen and oxygen atoms in total. The highest BCUT2D eigenvalue weighted by Crippen LogP contribution is 2.32. The molecule has 4 heterocycles. The van der Waals surface area contributed by atoms with Crippen molar-refractivity contribution in [3.05, 3.63) is 65.2 Å². The van der Waals surface area contributed by atoms with Gasteiger partial charge in [0.1, 0.15) is 0 Å².